The summed E-state index contributed by atoms with van der Waals surface area (Å²) in [5.74, 6) is 3.28. The summed E-state index contributed by atoms with van der Waals surface area (Å²) in [4.78, 5) is 11.9. The zero-order chi connectivity index (χ0) is 21.2. The fraction of sp³-hybridized carbons (Fsp3) is 0.565. The normalized spacial score (nSPS) is 20.1. The van der Waals surface area contributed by atoms with Gasteiger partial charge in [0, 0.05) is 30.8 Å². The van der Waals surface area contributed by atoms with Gasteiger partial charge in [-0.3, -0.25) is 4.57 Å². The van der Waals surface area contributed by atoms with Crippen molar-refractivity contribution in [3.05, 3.63) is 35.8 Å². The highest BCUT2D eigenvalue weighted by Crippen LogP contribution is 2.29. The predicted molar refractivity (Wildman–Crippen MR) is 123 cm³/mol. The van der Waals surface area contributed by atoms with E-state index < -0.39 is 0 Å². The monoisotopic (exact) mass is 438 g/mol. The van der Waals surface area contributed by atoms with Crippen LogP contribution in [0.1, 0.15) is 44.1 Å². The van der Waals surface area contributed by atoms with E-state index in [9.17, 15) is 0 Å². The van der Waals surface area contributed by atoms with Crippen molar-refractivity contribution >= 4 is 28.6 Å². The Hall–Kier alpha value is -2.19. The smallest absolute Gasteiger partial charge is 0.228 e. The summed E-state index contributed by atoms with van der Waals surface area (Å²) >= 11 is 1.67. The first-order valence-corrected chi connectivity index (χ1v) is 12.3. The molecule has 2 aliphatic rings. The molecule has 0 amide bonds. The Morgan fingerprint density at radius 2 is 1.94 bits per heavy atom. The number of hydrogen-bond acceptors (Lipinski definition) is 7. The first-order chi connectivity index (χ1) is 15.2. The number of hydrogen-bond donors (Lipinski definition) is 0. The number of para-hydroxylation sites is 1. The largest absolute Gasteiger partial charge is 0.376 e. The minimum atomic E-state index is 0.247. The van der Waals surface area contributed by atoms with Gasteiger partial charge in [-0.05, 0) is 44.6 Å². The van der Waals surface area contributed by atoms with E-state index in [2.05, 4.69) is 32.7 Å². The van der Waals surface area contributed by atoms with Gasteiger partial charge in [-0.1, -0.05) is 36.9 Å². The van der Waals surface area contributed by atoms with Gasteiger partial charge >= 0.3 is 0 Å². The van der Waals surface area contributed by atoms with Crippen molar-refractivity contribution in [2.45, 2.75) is 63.1 Å². The molecular weight excluding hydrogens is 408 g/mol. The van der Waals surface area contributed by atoms with Gasteiger partial charge in [0.2, 0.25) is 5.95 Å². The molecule has 2 aromatic heterocycles. The molecule has 4 heterocycles. The van der Waals surface area contributed by atoms with Crippen LogP contribution in [0.2, 0.25) is 0 Å². The number of benzene rings is 1. The summed E-state index contributed by atoms with van der Waals surface area (Å²) < 4.78 is 8.21. The number of piperidine rings is 1. The molecule has 0 saturated carbocycles. The maximum Gasteiger partial charge on any atom is 0.228 e. The van der Waals surface area contributed by atoms with Crippen LogP contribution in [-0.2, 0) is 17.0 Å². The zero-order valence-corrected chi connectivity index (χ0v) is 19.1. The van der Waals surface area contributed by atoms with Gasteiger partial charge in [0.1, 0.15) is 5.82 Å². The van der Waals surface area contributed by atoms with E-state index in [1.165, 1.54) is 12.8 Å². The second kappa shape index (κ2) is 9.12. The molecule has 164 valence electrons. The maximum atomic E-state index is 5.94. The van der Waals surface area contributed by atoms with E-state index in [0.717, 1.165) is 78.5 Å². The topological polar surface area (TPSA) is 69.0 Å². The fourth-order valence-electron chi connectivity index (χ4n) is 4.47. The van der Waals surface area contributed by atoms with E-state index in [-0.39, 0.29) is 6.10 Å². The Labute approximate surface area is 187 Å². The zero-order valence-electron chi connectivity index (χ0n) is 18.3. The molecule has 0 spiro atoms. The third kappa shape index (κ3) is 4.55. The number of aromatic nitrogens is 5. The average molecular weight is 439 g/mol. The van der Waals surface area contributed by atoms with Gasteiger partial charge in [-0.25, -0.2) is 9.97 Å². The van der Waals surface area contributed by atoms with E-state index >= 15 is 0 Å². The highest BCUT2D eigenvalue weighted by Gasteiger charge is 2.26. The highest BCUT2D eigenvalue weighted by atomic mass is 32.2. The number of aryl methyl sites for hydroxylation is 1. The molecule has 31 heavy (non-hydrogen) atoms. The quantitative estimate of drug-likeness (QED) is 0.533. The second-order valence-corrected chi connectivity index (χ2v) is 9.67. The minimum absolute atomic E-state index is 0.247. The molecule has 1 unspecified atom stereocenters. The standard InChI is InChI=1S/C23H30N6OS/c1-16-9-11-28(12-10-16)22-26-27-23(29(22)14-18-6-5-13-30-18)31-15-21-24-17(2)19-7-3-4-8-20(19)25-21/h3-4,7-8,16,18H,5-6,9-15H2,1-2H3. The molecule has 1 atom stereocenters. The van der Waals surface area contributed by atoms with E-state index in [0.29, 0.717) is 5.75 Å². The first-order valence-electron chi connectivity index (χ1n) is 11.3. The van der Waals surface area contributed by atoms with Crippen molar-refractivity contribution in [2.75, 3.05) is 24.6 Å². The Balaban J connectivity index is 1.38. The summed E-state index contributed by atoms with van der Waals surface area (Å²) in [5, 5.41) is 11.2. The SMILES string of the molecule is Cc1nc(CSc2nnc(N3CCC(C)CC3)n2CC2CCCO2)nc2ccccc12. The summed E-state index contributed by atoms with van der Waals surface area (Å²) in [6.07, 6.45) is 4.90. The van der Waals surface area contributed by atoms with Gasteiger partial charge in [0.25, 0.3) is 0 Å². The molecule has 7 nitrogen and oxygen atoms in total. The number of ether oxygens (including phenoxy) is 1. The van der Waals surface area contributed by atoms with Crippen LogP contribution in [0.4, 0.5) is 5.95 Å². The Morgan fingerprint density at radius 3 is 2.74 bits per heavy atom. The number of thioether (sulfide) groups is 1. The van der Waals surface area contributed by atoms with Gasteiger partial charge in [0.15, 0.2) is 5.16 Å². The molecule has 0 radical (unpaired) electrons. The summed E-state index contributed by atoms with van der Waals surface area (Å²) in [6, 6.07) is 8.18. The van der Waals surface area contributed by atoms with Crippen LogP contribution >= 0.6 is 11.8 Å². The van der Waals surface area contributed by atoms with Gasteiger partial charge in [-0.15, -0.1) is 10.2 Å². The van der Waals surface area contributed by atoms with Crippen molar-refractivity contribution in [1.82, 2.24) is 24.7 Å². The lowest BCUT2D eigenvalue weighted by atomic mass is 10.00. The molecule has 2 aliphatic heterocycles. The molecule has 2 fully saturated rings. The first kappa shape index (κ1) is 20.7. The lowest BCUT2D eigenvalue weighted by Gasteiger charge is -2.31. The van der Waals surface area contributed by atoms with Crippen LogP contribution < -0.4 is 4.90 Å². The lowest BCUT2D eigenvalue weighted by molar-refractivity contribution is 0.0951. The number of nitrogens with zero attached hydrogens (tertiary/aromatic N) is 6. The minimum Gasteiger partial charge on any atom is -0.376 e. The van der Waals surface area contributed by atoms with Crippen LogP contribution in [0.5, 0.6) is 0 Å². The molecule has 1 aromatic carbocycles. The van der Waals surface area contributed by atoms with Crippen LogP contribution in [0.3, 0.4) is 0 Å². The molecular formula is C23H30N6OS. The van der Waals surface area contributed by atoms with Crippen molar-refractivity contribution in [1.29, 1.82) is 0 Å². The van der Waals surface area contributed by atoms with Crippen LogP contribution in [0, 0.1) is 12.8 Å². The van der Waals surface area contributed by atoms with Gasteiger partial charge in [-0.2, -0.15) is 0 Å². The fourth-order valence-corrected chi connectivity index (χ4v) is 5.27. The van der Waals surface area contributed by atoms with Crippen LogP contribution in [0.25, 0.3) is 10.9 Å². The molecule has 0 aliphatic carbocycles. The van der Waals surface area contributed by atoms with Crippen molar-refractivity contribution < 1.29 is 4.74 Å². The Kier molecular flexibility index (Phi) is 6.09. The van der Waals surface area contributed by atoms with E-state index in [1.807, 2.05) is 25.1 Å². The highest BCUT2D eigenvalue weighted by molar-refractivity contribution is 7.98. The third-order valence-electron chi connectivity index (χ3n) is 6.34. The Morgan fingerprint density at radius 1 is 1.10 bits per heavy atom. The predicted octanol–water partition coefficient (Wildman–Crippen LogP) is 4.24. The number of anilines is 1. The molecule has 5 rings (SSSR count). The van der Waals surface area contributed by atoms with Crippen LogP contribution in [0.15, 0.2) is 29.4 Å². The Bertz CT molecular complexity index is 1040. The summed E-state index contributed by atoms with van der Waals surface area (Å²) in [7, 11) is 0. The van der Waals surface area contributed by atoms with Crippen molar-refractivity contribution in [2.24, 2.45) is 5.92 Å². The third-order valence-corrected chi connectivity index (χ3v) is 7.31. The molecule has 0 bridgehead atoms. The van der Waals surface area contributed by atoms with Gasteiger partial charge < -0.3 is 9.64 Å². The van der Waals surface area contributed by atoms with Crippen molar-refractivity contribution in [3.63, 3.8) is 0 Å². The average Bonchev–Trinajstić information content (AvgIpc) is 3.44. The van der Waals surface area contributed by atoms with E-state index in [1.54, 1.807) is 11.8 Å². The molecule has 3 aromatic rings. The molecule has 2 saturated heterocycles. The lowest BCUT2D eigenvalue weighted by Crippen LogP contribution is -2.35. The van der Waals surface area contributed by atoms with E-state index in [4.69, 9.17) is 14.7 Å². The second-order valence-electron chi connectivity index (χ2n) is 8.73. The van der Waals surface area contributed by atoms with Gasteiger partial charge in [0.05, 0.1) is 23.9 Å². The summed E-state index contributed by atoms with van der Waals surface area (Å²) in [6.45, 7) is 8.14. The molecule has 8 heteroatoms. The van der Waals surface area contributed by atoms with Crippen molar-refractivity contribution in [3.8, 4) is 0 Å². The summed E-state index contributed by atoms with van der Waals surface area (Å²) in [5.41, 5.74) is 2.01. The number of rotatable bonds is 6. The van der Waals surface area contributed by atoms with Crippen LogP contribution in [-0.4, -0.2) is 50.5 Å². The molecule has 0 N–H and O–H groups in total. The maximum absolute atomic E-state index is 5.94. The number of fused-ring (bicyclic) bond motifs is 1.